The Balaban J connectivity index is 1.60. The third-order valence-corrected chi connectivity index (χ3v) is 4.82. The minimum Gasteiger partial charge on any atom is -0.393 e. The van der Waals surface area contributed by atoms with Gasteiger partial charge in [-0.2, -0.15) is 0 Å². The van der Waals surface area contributed by atoms with Crippen molar-refractivity contribution in [3.8, 4) is 0 Å². The van der Waals surface area contributed by atoms with Crippen LogP contribution in [-0.2, 0) is 11.3 Å². The summed E-state index contributed by atoms with van der Waals surface area (Å²) < 4.78 is 1.48. The molecule has 1 saturated carbocycles. The molecule has 2 N–H and O–H groups in total. The van der Waals surface area contributed by atoms with Gasteiger partial charge in [-0.1, -0.05) is 18.6 Å². The molecule has 0 spiro atoms. The van der Waals surface area contributed by atoms with Gasteiger partial charge in [0.15, 0.2) is 0 Å². The van der Waals surface area contributed by atoms with E-state index in [9.17, 15) is 14.7 Å². The van der Waals surface area contributed by atoms with Gasteiger partial charge in [0, 0.05) is 25.4 Å². The number of amides is 1. The number of aryl methyl sites for hydroxylation is 2. The van der Waals surface area contributed by atoms with E-state index in [4.69, 9.17) is 0 Å². The molecule has 1 aromatic carbocycles. The van der Waals surface area contributed by atoms with E-state index in [-0.39, 0.29) is 29.9 Å². The van der Waals surface area contributed by atoms with Crippen molar-refractivity contribution in [1.29, 1.82) is 0 Å². The Labute approximate surface area is 140 Å². The first-order valence-electron chi connectivity index (χ1n) is 8.46. The standard InChI is InChI=1S/C18H23N3O3/c1-12-4-2-6-14-17(12)20-11-21(18(14)24)9-8-16(23)19-10-13-5-3-7-15(13)22/h2,4,6,11,13,15,22H,3,5,7-10H2,1H3,(H,19,23). The van der Waals surface area contributed by atoms with Crippen LogP contribution in [0.5, 0.6) is 0 Å². The molecule has 1 aliphatic rings. The van der Waals surface area contributed by atoms with E-state index >= 15 is 0 Å². The summed E-state index contributed by atoms with van der Waals surface area (Å²) in [6, 6.07) is 5.52. The number of fused-ring (bicyclic) bond motifs is 1. The molecule has 1 aliphatic carbocycles. The molecule has 128 valence electrons. The molecule has 2 unspecified atom stereocenters. The lowest BCUT2D eigenvalue weighted by Gasteiger charge is -2.15. The average molecular weight is 329 g/mol. The number of carbonyl (C=O) groups excluding carboxylic acids is 1. The maximum absolute atomic E-state index is 12.5. The second kappa shape index (κ2) is 7.13. The number of aliphatic hydroxyl groups is 1. The van der Waals surface area contributed by atoms with Crippen LogP contribution in [-0.4, -0.2) is 33.2 Å². The smallest absolute Gasteiger partial charge is 0.261 e. The van der Waals surface area contributed by atoms with E-state index in [1.165, 1.54) is 10.9 Å². The summed E-state index contributed by atoms with van der Waals surface area (Å²) in [7, 11) is 0. The highest BCUT2D eigenvalue weighted by molar-refractivity contribution is 5.80. The minimum atomic E-state index is -0.305. The van der Waals surface area contributed by atoms with Crippen molar-refractivity contribution < 1.29 is 9.90 Å². The molecule has 0 radical (unpaired) electrons. The fourth-order valence-corrected chi connectivity index (χ4v) is 3.31. The first-order chi connectivity index (χ1) is 11.6. The Morgan fingerprint density at radius 1 is 1.42 bits per heavy atom. The SMILES string of the molecule is Cc1cccc2c(=O)n(CCC(=O)NCC3CCCC3O)cnc12. The summed E-state index contributed by atoms with van der Waals surface area (Å²) in [4.78, 5) is 28.8. The second-order valence-electron chi connectivity index (χ2n) is 6.53. The quantitative estimate of drug-likeness (QED) is 0.868. The first-order valence-corrected chi connectivity index (χ1v) is 8.46. The predicted octanol–water partition coefficient (Wildman–Crippen LogP) is 1.37. The summed E-state index contributed by atoms with van der Waals surface area (Å²) in [6.07, 6.45) is 4.21. The Morgan fingerprint density at radius 2 is 2.25 bits per heavy atom. The number of para-hydroxylation sites is 1. The number of rotatable bonds is 5. The van der Waals surface area contributed by atoms with E-state index in [0.29, 0.717) is 24.0 Å². The number of nitrogens with zero attached hydrogens (tertiary/aromatic N) is 2. The molecule has 6 nitrogen and oxygen atoms in total. The van der Waals surface area contributed by atoms with Crippen LogP contribution in [0, 0.1) is 12.8 Å². The van der Waals surface area contributed by atoms with Crippen molar-refractivity contribution in [2.75, 3.05) is 6.54 Å². The number of aromatic nitrogens is 2. The van der Waals surface area contributed by atoms with Crippen LogP contribution in [0.25, 0.3) is 10.9 Å². The van der Waals surface area contributed by atoms with Crippen LogP contribution in [0.15, 0.2) is 29.3 Å². The van der Waals surface area contributed by atoms with E-state index in [1.54, 1.807) is 6.07 Å². The lowest BCUT2D eigenvalue weighted by atomic mass is 10.1. The molecule has 1 heterocycles. The van der Waals surface area contributed by atoms with E-state index < -0.39 is 0 Å². The van der Waals surface area contributed by atoms with Crippen LogP contribution in [0.1, 0.15) is 31.2 Å². The summed E-state index contributed by atoms with van der Waals surface area (Å²) in [5.41, 5.74) is 1.55. The highest BCUT2D eigenvalue weighted by Crippen LogP contribution is 2.24. The van der Waals surface area contributed by atoms with E-state index in [0.717, 1.165) is 24.8 Å². The highest BCUT2D eigenvalue weighted by atomic mass is 16.3. The Kier molecular flexibility index (Phi) is 4.94. The Bertz CT molecular complexity index is 800. The fraction of sp³-hybridized carbons (Fsp3) is 0.500. The monoisotopic (exact) mass is 329 g/mol. The Morgan fingerprint density at radius 3 is 3.00 bits per heavy atom. The Hall–Kier alpha value is -2.21. The maximum atomic E-state index is 12.5. The molecular weight excluding hydrogens is 306 g/mol. The van der Waals surface area contributed by atoms with Crippen molar-refractivity contribution in [2.24, 2.45) is 5.92 Å². The van der Waals surface area contributed by atoms with Crippen molar-refractivity contribution in [1.82, 2.24) is 14.9 Å². The topological polar surface area (TPSA) is 84.2 Å². The second-order valence-corrected chi connectivity index (χ2v) is 6.53. The van der Waals surface area contributed by atoms with Gasteiger partial charge in [0.1, 0.15) is 0 Å². The third-order valence-electron chi connectivity index (χ3n) is 4.82. The third kappa shape index (κ3) is 3.48. The summed E-state index contributed by atoms with van der Waals surface area (Å²) in [5, 5.41) is 13.2. The maximum Gasteiger partial charge on any atom is 0.261 e. The molecule has 24 heavy (non-hydrogen) atoms. The van der Waals surface area contributed by atoms with Gasteiger partial charge in [-0.05, 0) is 31.4 Å². The number of carbonyl (C=O) groups is 1. The summed E-state index contributed by atoms with van der Waals surface area (Å²) in [6.45, 7) is 2.73. The number of nitrogens with one attached hydrogen (secondary N) is 1. The van der Waals surface area contributed by atoms with Gasteiger partial charge in [0.25, 0.3) is 5.56 Å². The van der Waals surface area contributed by atoms with Crippen LogP contribution in [0.4, 0.5) is 0 Å². The van der Waals surface area contributed by atoms with Crippen molar-refractivity contribution in [3.63, 3.8) is 0 Å². The minimum absolute atomic E-state index is 0.106. The zero-order valence-corrected chi connectivity index (χ0v) is 13.9. The van der Waals surface area contributed by atoms with Gasteiger partial charge >= 0.3 is 0 Å². The van der Waals surface area contributed by atoms with Gasteiger partial charge in [0.05, 0.1) is 23.3 Å². The lowest BCUT2D eigenvalue weighted by Crippen LogP contribution is -2.33. The van der Waals surface area contributed by atoms with E-state index in [1.807, 2.05) is 19.1 Å². The van der Waals surface area contributed by atoms with Gasteiger partial charge in [0.2, 0.25) is 5.91 Å². The van der Waals surface area contributed by atoms with Crippen LogP contribution in [0.3, 0.4) is 0 Å². The molecular formula is C18H23N3O3. The van der Waals surface area contributed by atoms with Crippen molar-refractivity contribution in [3.05, 3.63) is 40.4 Å². The van der Waals surface area contributed by atoms with Crippen molar-refractivity contribution >= 4 is 16.8 Å². The molecule has 2 aromatic rings. The lowest BCUT2D eigenvalue weighted by molar-refractivity contribution is -0.121. The van der Waals surface area contributed by atoms with Crippen LogP contribution in [0.2, 0.25) is 0 Å². The fourth-order valence-electron chi connectivity index (χ4n) is 3.31. The normalized spacial score (nSPS) is 20.4. The van der Waals surface area contributed by atoms with Crippen molar-refractivity contribution in [2.45, 2.75) is 45.3 Å². The summed E-state index contributed by atoms with van der Waals surface area (Å²) >= 11 is 0. The number of benzene rings is 1. The molecule has 0 saturated heterocycles. The highest BCUT2D eigenvalue weighted by Gasteiger charge is 2.25. The zero-order chi connectivity index (χ0) is 17.1. The van der Waals surface area contributed by atoms with Gasteiger partial charge in [-0.3, -0.25) is 14.2 Å². The predicted molar refractivity (Wildman–Crippen MR) is 91.7 cm³/mol. The van der Waals surface area contributed by atoms with Gasteiger partial charge in [-0.25, -0.2) is 4.98 Å². The first kappa shape index (κ1) is 16.6. The zero-order valence-electron chi connectivity index (χ0n) is 13.9. The summed E-state index contributed by atoms with van der Waals surface area (Å²) in [5.74, 6) is 0.0484. The largest absolute Gasteiger partial charge is 0.393 e. The number of aliphatic hydroxyl groups excluding tert-OH is 1. The van der Waals surface area contributed by atoms with Crippen LogP contribution >= 0.6 is 0 Å². The number of hydrogen-bond donors (Lipinski definition) is 2. The van der Waals surface area contributed by atoms with Crippen LogP contribution < -0.4 is 10.9 Å². The molecule has 6 heteroatoms. The average Bonchev–Trinajstić information content (AvgIpc) is 2.98. The van der Waals surface area contributed by atoms with Gasteiger partial charge in [-0.15, -0.1) is 0 Å². The molecule has 1 fully saturated rings. The molecule has 0 aliphatic heterocycles. The number of hydrogen-bond acceptors (Lipinski definition) is 4. The molecule has 2 atom stereocenters. The molecule has 1 aromatic heterocycles. The molecule has 1 amide bonds. The molecule has 0 bridgehead atoms. The molecule has 3 rings (SSSR count). The van der Waals surface area contributed by atoms with Gasteiger partial charge < -0.3 is 10.4 Å². The van der Waals surface area contributed by atoms with E-state index in [2.05, 4.69) is 10.3 Å².